The molecule has 0 spiro atoms. The van der Waals surface area contributed by atoms with E-state index in [0.29, 0.717) is 6.07 Å². The predicted octanol–water partition coefficient (Wildman–Crippen LogP) is 2.82. The van der Waals surface area contributed by atoms with Crippen molar-refractivity contribution in [1.29, 1.82) is 0 Å². The van der Waals surface area contributed by atoms with E-state index in [4.69, 9.17) is 14.6 Å². The van der Waals surface area contributed by atoms with Gasteiger partial charge in [-0.3, -0.25) is 5.32 Å². The first kappa shape index (κ1) is 15.1. The van der Waals surface area contributed by atoms with Crippen LogP contribution in [0.25, 0.3) is 0 Å². The summed E-state index contributed by atoms with van der Waals surface area (Å²) in [4.78, 5) is 10.4. The predicted molar refractivity (Wildman–Crippen MR) is 60.5 cm³/mol. The quantitative estimate of drug-likeness (QED) is 0.813. The zero-order valence-corrected chi connectivity index (χ0v) is 9.95. The van der Waals surface area contributed by atoms with E-state index in [1.165, 1.54) is 13.2 Å². The lowest BCUT2D eigenvalue weighted by Crippen LogP contribution is -2.11. The smallest absolute Gasteiger partial charge is 0.416 e. The molecule has 0 aliphatic rings. The third kappa shape index (κ3) is 5.04. The van der Waals surface area contributed by atoms with Crippen molar-refractivity contribution in [3.8, 4) is 5.75 Å². The Morgan fingerprint density at radius 2 is 2.00 bits per heavy atom. The lowest BCUT2D eigenvalue weighted by atomic mass is 10.2. The highest BCUT2D eigenvalue weighted by molar-refractivity contribution is 5.83. The maximum absolute atomic E-state index is 12.6. The van der Waals surface area contributed by atoms with Gasteiger partial charge in [-0.25, -0.2) is 4.79 Å². The molecule has 0 saturated carbocycles. The molecule has 0 atom stereocenters. The topological polar surface area (TPSA) is 67.8 Å². The van der Waals surface area contributed by atoms with E-state index < -0.39 is 17.8 Å². The van der Waals surface area contributed by atoms with Crippen LogP contribution in [0.3, 0.4) is 0 Å². The number of alkyl halides is 3. The van der Waals surface area contributed by atoms with Gasteiger partial charge in [0.15, 0.2) is 0 Å². The van der Waals surface area contributed by atoms with Crippen molar-refractivity contribution < 1.29 is 32.5 Å². The fraction of sp³-hybridized carbons (Fsp3) is 0.364. The largest absolute Gasteiger partial charge is 0.491 e. The molecule has 2 N–H and O–H groups in total. The number of benzene rings is 1. The summed E-state index contributed by atoms with van der Waals surface area (Å²) in [6.07, 6.45) is -6.04. The molecule has 0 fully saturated rings. The monoisotopic (exact) mass is 279 g/mol. The maximum atomic E-state index is 12.6. The fourth-order valence-corrected chi connectivity index (χ4v) is 1.28. The summed E-state index contributed by atoms with van der Waals surface area (Å²) in [5.41, 5.74) is -1.21. The van der Waals surface area contributed by atoms with E-state index in [1.54, 1.807) is 0 Å². The molecule has 1 aromatic carbocycles. The third-order valence-corrected chi connectivity index (χ3v) is 2.04. The van der Waals surface area contributed by atoms with Gasteiger partial charge in [0.25, 0.3) is 0 Å². The third-order valence-electron chi connectivity index (χ3n) is 2.04. The molecule has 0 aliphatic heterocycles. The number of ether oxygens (including phenoxy) is 2. The molecule has 1 rings (SSSR count). The van der Waals surface area contributed by atoms with Gasteiger partial charge in [-0.05, 0) is 12.1 Å². The number of carbonyl (C=O) groups is 1. The molecule has 0 radical (unpaired) electrons. The Morgan fingerprint density at radius 1 is 1.32 bits per heavy atom. The molecule has 0 unspecified atom stereocenters. The highest BCUT2D eigenvalue weighted by atomic mass is 19.4. The average molecular weight is 279 g/mol. The second kappa shape index (κ2) is 6.28. The number of carboxylic acid groups (broad SMARTS) is 1. The number of halogens is 3. The van der Waals surface area contributed by atoms with Crippen LogP contribution < -0.4 is 10.1 Å². The minimum Gasteiger partial charge on any atom is -0.491 e. The maximum Gasteiger partial charge on any atom is 0.416 e. The van der Waals surface area contributed by atoms with Gasteiger partial charge in [0.05, 0.1) is 12.2 Å². The van der Waals surface area contributed by atoms with Crippen molar-refractivity contribution in [3.63, 3.8) is 0 Å². The second-order valence-electron chi connectivity index (χ2n) is 3.52. The van der Waals surface area contributed by atoms with Gasteiger partial charge in [0, 0.05) is 18.9 Å². The van der Waals surface area contributed by atoms with Gasteiger partial charge in [-0.2, -0.15) is 13.2 Å². The van der Waals surface area contributed by atoms with Crippen LogP contribution in [0, 0.1) is 0 Å². The van der Waals surface area contributed by atoms with E-state index >= 15 is 0 Å². The Balaban J connectivity index is 2.98. The molecule has 5 nitrogen and oxygen atoms in total. The van der Waals surface area contributed by atoms with Crippen LogP contribution in [-0.2, 0) is 10.9 Å². The molecule has 0 aromatic heterocycles. The number of methoxy groups -OCH3 is 1. The van der Waals surface area contributed by atoms with Crippen molar-refractivity contribution in [3.05, 3.63) is 23.8 Å². The van der Waals surface area contributed by atoms with Crippen LogP contribution in [0.5, 0.6) is 5.75 Å². The van der Waals surface area contributed by atoms with Crippen LogP contribution in [0.2, 0.25) is 0 Å². The van der Waals surface area contributed by atoms with Crippen LogP contribution in [-0.4, -0.2) is 31.5 Å². The summed E-state index contributed by atoms with van der Waals surface area (Å²) < 4.78 is 47.6. The second-order valence-corrected chi connectivity index (χ2v) is 3.52. The standard InChI is InChI=1S/C11H12F3NO4/c1-18-2-3-19-9-5-7(11(12,13)14)4-8(6-9)15-10(16)17/h4-6,15H,2-3H2,1H3,(H,16,17). The van der Waals surface area contributed by atoms with Crippen molar-refractivity contribution >= 4 is 11.8 Å². The van der Waals surface area contributed by atoms with Crippen molar-refractivity contribution in [2.45, 2.75) is 6.18 Å². The molecule has 106 valence electrons. The Morgan fingerprint density at radius 3 is 2.53 bits per heavy atom. The summed E-state index contributed by atoms with van der Waals surface area (Å²) >= 11 is 0. The summed E-state index contributed by atoms with van der Waals surface area (Å²) in [6, 6.07) is 2.65. The Hall–Kier alpha value is -1.96. The molecular weight excluding hydrogens is 267 g/mol. The first-order chi connectivity index (χ1) is 8.82. The molecule has 1 aromatic rings. The molecule has 0 heterocycles. The SMILES string of the molecule is COCCOc1cc(NC(=O)O)cc(C(F)(F)F)c1. The summed E-state index contributed by atoms with van der Waals surface area (Å²) in [5, 5.41) is 10.4. The molecular formula is C11H12F3NO4. The van der Waals surface area contributed by atoms with Gasteiger partial charge in [-0.1, -0.05) is 0 Å². The van der Waals surface area contributed by atoms with E-state index in [2.05, 4.69) is 0 Å². The van der Waals surface area contributed by atoms with Crippen LogP contribution in [0.15, 0.2) is 18.2 Å². The van der Waals surface area contributed by atoms with Crippen LogP contribution in [0.4, 0.5) is 23.7 Å². The Kier molecular flexibility index (Phi) is 4.99. The average Bonchev–Trinajstić information content (AvgIpc) is 2.27. The number of nitrogens with one attached hydrogen (secondary N) is 1. The van der Waals surface area contributed by atoms with E-state index in [-0.39, 0.29) is 24.7 Å². The van der Waals surface area contributed by atoms with Gasteiger partial charge in [0.1, 0.15) is 12.4 Å². The number of rotatable bonds is 5. The van der Waals surface area contributed by atoms with Crippen molar-refractivity contribution in [2.24, 2.45) is 0 Å². The summed E-state index contributed by atoms with van der Waals surface area (Å²) in [7, 11) is 1.42. The fourth-order valence-electron chi connectivity index (χ4n) is 1.28. The lowest BCUT2D eigenvalue weighted by molar-refractivity contribution is -0.137. The molecule has 0 saturated heterocycles. The van der Waals surface area contributed by atoms with E-state index in [1.807, 2.05) is 5.32 Å². The summed E-state index contributed by atoms with van der Waals surface area (Å²) in [5.74, 6) is -0.0874. The minimum atomic E-state index is -4.59. The molecule has 1 amide bonds. The van der Waals surface area contributed by atoms with E-state index in [9.17, 15) is 18.0 Å². The molecule has 19 heavy (non-hydrogen) atoms. The molecule has 8 heteroatoms. The van der Waals surface area contributed by atoms with Crippen molar-refractivity contribution in [2.75, 3.05) is 25.6 Å². The van der Waals surface area contributed by atoms with Crippen LogP contribution >= 0.6 is 0 Å². The minimum absolute atomic E-state index is 0.0598. The molecule has 0 aliphatic carbocycles. The number of amides is 1. The van der Waals surface area contributed by atoms with Crippen LogP contribution in [0.1, 0.15) is 5.56 Å². The van der Waals surface area contributed by atoms with Crippen molar-refractivity contribution in [1.82, 2.24) is 0 Å². The number of anilines is 1. The van der Waals surface area contributed by atoms with E-state index in [0.717, 1.165) is 6.07 Å². The number of hydrogen-bond donors (Lipinski definition) is 2. The first-order valence-corrected chi connectivity index (χ1v) is 5.17. The van der Waals surface area contributed by atoms with Gasteiger partial charge in [0.2, 0.25) is 0 Å². The highest BCUT2D eigenvalue weighted by Crippen LogP contribution is 2.34. The zero-order valence-electron chi connectivity index (χ0n) is 9.95. The lowest BCUT2D eigenvalue weighted by Gasteiger charge is -2.12. The van der Waals surface area contributed by atoms with Gasteiger partial charge < -0.3 is 14.6 Å². The molecule has 0 bridgehead atoms. The highest BCUT2D eigenvalue weighted by Gasteiger charge is 2.31. The zero-order chi connectivity index (χ0) is 14.5. The Bertz CT molecular complexity index is 448. The normalized spacial score (nSPS) is 11.2. The Labute approximate surface area is 106 Å². The first-order valence-electron chi connectivity index (χ1n) is 5.17. The number of hydrogen-bond acceptors (Lipinski definition) is 3. The van der Waals surface area contributed by atoms with Gasteiger partial charge >= 0.3 is 12.3 Å². The summed E-state index contributed by atoms with van der Waals surface area (Å²) in [6.45, 7) is 0.266. The van der Waals surface area contributed by atoms with Gasteiger partial charge in [-0.15, -0.1) is 0 Å².